The molecular weight excluding hydrogens is 260 g/mol. The molecule has 0 bridgehead atoms. The van der Waals surface area contributed by atoms with E-state index in [0.717, 1.165) is 23.6 Å². The van der Waals surface area contributed by atoms with Crippen molar-refractivity contribution in [2.75, 3.05) is 25.5 Å². The van der Waals surface area contributed by atoms with Crippen LogP contribution in [0.25, 0.3) is 11.4 Å². The van der Waals surface area contributed by atoms with Gasteiger partial charge in [0.1, 0.15) is 0 Å². The van der Waals surface area contributed by atoms with Crippen LogP contribution < -0.4 is 5.32 Å². The Morgan fingerprint density at radius 1 is 1.14 bits per heavy atom. The quantitative estimate of drug-likeness (QED) is 0.936. The predicted molar refractivity (Wildman–Crippen MR) is 86.2 cm³/mol. The number of hydrogen-bond acceptors (Lipinski definition) is 4. The third kappa shape index (κ3) is 3.58. The van der Waals surface area contributed by atoms with E-state index in [1.54, 1.807) is 0 Å². The van der Waals surface area contributed by atoms with Crippen LogP contribution >= 0.6 is 0 Å². The maximum atomic E-state index is 4.44. The van der Waals surface area contributed by atoms with E-state index in [-0.39, 0.29) is 0 Å². The monoisotopic (exact) mass is 282 g/mol. The molecule has 1 saturated heterocycles. The number of anilines is 1. The van der Waals surface area contributed by atoms with E-state index in [9.17, 15) is 0 Å². The van der Waals surface area contributed by atoms with Crippen LogP contribution in [-0.2, 0) is 0 Å². The summed E-state index contributed by atoms with van der Waals surface area (Å²) < 4.78 is 0. The van der Waals surface area contributed by atoms with E-state index >= 15 is 0 Å². The summed E-state index contributed by atoms with van der Waals surface area (Å²) in [5.74, 6) is 0.774. The van der Waals surface area contributed by atoms with E-state index in [2.05, 4.69) is 27.2 Å². The molecule has 0 spiro atoms. The molecule has 1 unspecified atom stereocenters. The molecule has 110 valence electrons. The summed E-state index contributed by atoms with van der Waals surface area (Å²) in [5.41, 5.74) is 2.05. The summed E-state index contributed by atoms with van der Waals surface area (Å²) in [7, 11) is 2.21. The summed E-state index contributed by atoms with van der Waals surface area (Å²) >= 11 is 0. The fourth-order valence-electron chi connectivity index (χ4n) is 2.79. The van der Waals surface area contributed by atoms with Crippen LogP contribution in [0.5, 0.6) is 0 Å². The molecule has 0 saturated carbocycles. The Morgan fingerprint density at radius 2 is 1.90 bits per heavy atom. The molecule has 1 aromatic carbocycles. The third-order valence-electron chi connectivity index (χ3n) is 4.15. The Balaban J connectivity index is 1.60. The Morgan fingerprint density at radius 3 is 2.62 bits per heavy atom. The highest BCUT2D eigenvalue weighted by atomic mass is 15.2. The SMILES string of the molecule is CN1CCCCC1CNc1cnc(-c2ccccc2)nc1. The van der Waals surface area contributed by atoms with Crippen molar-refractivity contribution < 1.29 is 0 Å². The number of likely N-dealkylation sites (tertiary alicyclic amines) is 1. The normalized spacial score (nSPS) is 19.4. The van der Waals surface area contributed by atoms with Gasteiger partial charge in [-0.15, -0.1) is 0 Å². The third-order valence-corrected chi connectivity index (χ3v) is 4.15. The summed E-state index contributed by atoms with van der Waals surface area (Å²) in [4.78, 5) is 11.3. The van der Waals surface area contributed by atoms with Gasteiger partial charge >= 0.3 is 0 Å². The van der Waals surface area contributed by atoms with Gasteiger partial charge < -0.3 is 10.2 Å². The van der Waals surface area contributed by atoms with Crippen LogP contribution in [0.3, 0.4) is 0 Å². The van der Waals surface area contributed by atoms with Gasteiger partial charge in [-0.2, -0.15) is 0 Å². The van der Waals surface area contributed by atoms with Gasteiger partial charge in [-0.3, -0.25) is 0 Å². The first-order valence-electron chi connectivity index (χ1n) is 7.64. The van der Waals surface area contributed by atoms with Gasteiger partial charge in [0.2, 0.25) is 0 Å². The molecule has 1 aliphatic heterocycles. The average molecular weight is 282 g/mol. The molecular formula is C17H22N4. The van der Waals surface area contributed by atoms with Crippen LogP contribution in [0, 0.1) is 0 Å². The Bertz CT molecular complexity index is 553. The van der Waals surface area contributed by atoms with E-state index in [4.69, 9.17) is 0 Å². The number of piperidine rings is 1. The van der Waals surface area contributed by atoms with Crippen molar-refractivity contribution in [1.29, 1.82) is 0 Å². The van der Waals surface area contributed by atoms with Crippen molar-refractivity contribution in [2.24, 2.45) is 0 Å². The number of rotatable bonds is 4. The smallest absolute Gasteiger partial charge is 0.159 e. The van der Waals surface area contributed by atoms with Crippen molar-refractivity contribution in [3.63, 3.8) is 0 Å². The highest BCUT2D eigenvalue weighted by Crippen LogP contribution is 2.17. The number of likely N-dealkylation sites (N-methyl/N-ethyl adjacent to an activating group) is 1. The summed E-state index contributed by atoms with van der Waals surface area (Å²) in [5, 5.41) is 3.46. The molecule has 4 nitrogen and oxygen atoms in total. The first-order chi connectivity index (χ1) is 10.3. The van der Waals surface area contributed by atoms with Gasteiger partial charge in [0.05, 0.1) is 18.1 Å². The van der Waals surface area contributed by atoms with Crippen molar-refractivity contribution in [3.05, 3.63) is 42.7 Å². The second-order valence-electron chi connectivity index (χ2n) is 5.67. The van der Waals surface area contributed by atoms with Crippen LogP contribution in [0.1, 0.15) is 19.3 Å². The lowest BCUT2D eigenvalue weighted by Crippen LogP contribution is -2.40. The Kier molecular flexibility index (Phi) is 4.46. The second kappa shape index (κ2) is 6.68. The zero-order valence-electron chi connectivity index (χ0n) is 12.5. The van der Waals surface area contributed by atoms with E-state index in [1.807, 2.05) is 42.7 Å². The molecule has 2 aromatic rings. The molecule has 1 aromatic heterocycles. The largest absolute Gasteiger partial charge is 0.381 e. The lowest BCUT2D eigenvalue weighted by Gasteiger charge is -2.32. The van der Waals surface area contributed by atoms with Crippen LogP contribution in [0.4, 0.5) is 5.69 Å². The van der Waals surface area contributed by atoms with Crippen molar-refractivity contribution in [1.82, 2.24) is 14.9 Å². The molecule has 21 heavy (non-hydrogen) atoms. The molecule has 0 amide bonds. The molecule has 1 aliphatic rings. The molecule has 1 N–H and O–H groups in total. The number of nitrogens with one attached hydrogen (secondary N) is 1. The molecule has 3 rings (SSSR count). The van der Waals surface area contributed by atoms with Crippen molar-refractivity contribution in [3.8, 4) is 11.4 Å². The average Bonchev–Trinajstić information content (AvgIpc) is 2.55. The zero-order valence-corrected chi connectivity index (χ0v) is 12.5. The van der Waals surface area contributed by atoms with E-state index < -0.39 is 0 Å². The molecule has 1 fully saturated rings. The molecule has 0 aliphatic carbocycles. The molecule has 2 heterocycles. The standard InChI is InChI=1S/C17H22N4/c1-21-10-6-5-9-16(21)13-18-15-11-19-17(20-12-15)14-7-3-2-4-8-14/h2-4,7-8,11-12,16,18H,5-6,9-10,13H2,1H3. The van der Waals surface area contributed by atoms with Crippen molar-refractivity contribution in [2.45, 2.75) is 25.3 Å². The van der Waals surface area contributed by atoms with Gasteiger partial charge in [0.25, 0.3) is 0 Å². The molecule has 4 heteroatoms. The van der Waals surface area contributed by atoms with Crippen LogP contribution in [-0.4, -0.2) is 41.0 Å². The van der Waals surface area contributed by atoms with Gasteiger partial charge in [-0.25, -0.2) is 9.97 Å². The minimum absolute atomic E-state index is 0.618. The van der Waals surface area contributed by atoms with Crippen LogP contribution in [0.15, 0.2) is 42.7 Å². The lowest BCUT2D eigenvalue weighted by atomic mass is 10.0. The second-order valence-corrected chi connectivity index (χ2v) is 5.67. The lowest BCUT2D eigenvalue weighted by molar-refractivity contribution is 0.194. The minimum Gasteiger partial charge on any atom is -0.381 e. The first kappa shape index (κ1) is 14.0. The fourth-order valence-corrected chi connectivity index (χ4v) is 2.79. The summed E-state index contributed by atoms with van der Waals surface area (Å²) in [6, 6.07) is 10.7. The van der Waals surface area contributed by atoms with Crippen LogP contribution in [0.2, 0.25) is 0 Å². The predicted octanol–water partition coefficient (Wildman–Crippen LogP) is 3.04. The summed E-state index contributed by atoms with van der Waals surface area (Å²) in [6.45, 7) is 2.17. The fraction of sp³-hybridized carbons (Fsp3) is 0.412. The first-order valence-corrected chi connectivity index (χ1v) is 7.64. The van der Waals surface area contributed by atoms with Gasteiger partial charge in [-0.1, -0.05) is 36.8 Å². The number of benzene rings is 1. The maximum Gasteiger partial charge on any atom is 0.159 e. The number of nitrogens with zero attached hydrogens (tertiary/aromatic N) is 3. The van der Waals surface area contributed by atoms with Crippen molar-refractivity contribution >= 4 is 5.69 Å². The highest BCUT2D eigenvalue weighted by Gasteiger charge is 2.18. The summed E-state index contributed by atoms with van der Waals surface area (Å²) in [6.07, 6.45) is 7.67. The van der Waals surface area contributed by atoms with Gasteiger partial charge in [0.15, 0.2) is 5.82 Å². The molecule has 0 radical (unpaired) electrons. The topological polar surface area (TPSA) is 41.0 Å². The Labute approximate surface area is 126 Å². The van der Waals surface area contributed by atoms with Gasteiger partial charge in [-0.05, 0) is 26.4 Å². The highest BCUT2D eigenvalue weighted by molar-refractivity contribution is 5.55. The van der Waals surface area contributed by atoms with E-state index in [1.165, 1.54) is 25.8 Å². The Hall–Kier alpha value is -1.94. The number of aromatic nitrogens is 2. The van der Waals surface area contributed by atoms with E-state index in [0.29, 0.717) is 6.04 Å². The zero-order chi connectivity index (χ0) is 14.5. The minimum atomic E-state index is 0.618. The molecule has 1 atom stereocenters. The number of hydrogen-bond donors (Lipinski definition) is 1. The maximum absolute atomic E-state index is 4.44. The van der Waals surface area contributed by atoms with Gasteiger partial charge in [0, 0.05) is 18.2 Å².